The van der Waals surface area contributed by atoms with Crippen LogP contribution in [0.3, 0.4) is 0 Å². The van der Waals surface area contributed by atoms with Crippen molar-refractivity contribution in [2.45, 2.75) is 63.4 Å². The number of halogens is 3. The molecule has 2 unspecified atom stereocenters. The molecular weight excluding hydrogens is 845 g/mol. The predicted octanol–water partition coefficient (Wildman–Crippen LogP) is 5.14. The Morgan fingerprint density at radius 2 is 1.59 bits per heavy atom. The Bertz CT molecular complexity index is 1110. The van der Waals surface area contributed by atoms with E-state index in [-0.39, 0.29) is 25.4 Å². The third-order valence-electron chi connectivity index (χ3n) is 6.69. The van der Waals surface area contributed by atoms with E-state index in [2.05, 4.69) is 67.8 Å². The quantitative estimate of drug-likeness (QED) is 0.106. The van der Waals surface area contributed by atoms with E-state index in [1.807, 2.05) is 12.1 Å². The molecule has 9 nitrogen and oxygen atoms in total. The SMILES string of the molecule is O=C(CCOC(=O)CCC1(OC(=O)c2cc(I)cc(I)c2I)CC2CCCC(C2)C1)OCCS(=O)(=O)O. The summed E-state index contributed by atoms with van der Waals surface area (Å²) in [4.78, 5) is 37.5. The number of fused-ring (bicyclic) bond motifs is 2. The molecule has 2 aliphatic rings. The maximum atomic E-state index is 13.3. The van der Waals surface area contributed by atoms with Crippen molar-refractivity contribution in [3.63, 3.8) is 0 Å². The third-order valence-corrected chi connectivity index (χ3v) is 11.0. The average molecular weight is 874 g/mol. The van der Waals surface area contributed by atoms with Gasteiger partial charge in [-0.2, -0.15) is 8.42 Å². The van der Waals surface area contributed by atoms with Crippen molar-refractivity contribution in [3.05, 3.63) is 28.4 Å². The second-order valence-corrected chi connectivity index (χ2v) is 14.7. The van der Waals surface area contributed by atoms with Gasteiger partial charge in [0.2, 0.25) is 0 Å². The van der Waals surface area contributed by atoms with E-state index < -0.39 is 40.0 Å². The van der Waals surface area contributed by atoms with E-state index in [4.69, 9.17) is 18.8 Å². The lowest BCUT2D eigenvalue weighted by Gasteiger charge is -2.46. The van der Waals surface area contributed by atoms with Crippen molar-refractivity contribution < 1.29 is 41.6 Å². The molecule has 0 spiro atoms. The van der Waals surface area contributed by atoms with Gasteiger partial charge < -0.3 is 14.2 Å². The molecule has 37 heavy (non-hydrogen) atoms. The van der Waals surface area contributed by atoms with E-state index in [1.54, 1.807) is 0 Å². The molecule has 2 atom stereocenters. The van der Waals surface area contributed by atoms with Crippen molar-refractivity contribution in [1.29, 1.82) is 0 Å². The van der Waals surface area contributed by atoms with Gasteiger partial charge in [-0.25, -0.2) is 4.79 Å². The van der Waals surface area contributed by atoms with Crippen molar-refractivity contribution in [3.8, 4) is 0 Å². The van der Waals surface area contributed by atoms with Crippen LogP contribution in [-0.4, -0.2) is 55.4 Å². The van der Waals surface area contributed by atoms with Crippen LogP contribution in [0.1, 0.15) is 68.1 Å². The minimum Gasteiger partial charge on any atom is -0.465 e. The second-order valence-electron chi connectivity index (χ2n) is 9.61. The Labute approximate surface area is 257 Å². The van der Waals surface area contributed by atoms with Gasteiger partial charge in [0.1, 0.15) is 24.6 Å². The zero-order valence-corrected chi connectivity index (χ0v) is 27.3. The summed E-state index contributed by atoms with van der Waals surface area (Å²) in [5.74, 6) is -1.38. The number of benzene rings is 1. The molecule has 3 rings (SSSR count). The van der Waals surface area contributed by atoms with E-state index in [9.17, 15) is 22.8 Å². The summed E-state index contributed by atoms with van der Waals surface area (Å²) in [5, 5.41) is 0. The van der Waals surface area contributed by atoms with Gasteiger partial charge in [0.05, 0.1) is 12.0 Å². The Morgan fingerprint density at radius 3 is 2.24 bits per heavy atom. The summed E-state index contributed by atoms with van der Waals surface area (Å²) in [5.41, 5.74) is -0.212. The molecule has 2 saturated carbocycles. The highest BCUT2D eigenvalue weighted by atomic mass is 127. The lowest BCUT2D eigenvalue weighted by molar-refractivity contribution is -0.150. The lowest BCUT2D eigenvalue weighted by Crippen LogP contribution is -2.45. The topological polar surface area (TPSA) is 133 Å². The van der Waals surface area contributed by atoms with Gasteiger partial charge in [-0.05, 0) is 117 Å². The summed E-state index contributed by atoms with van der Waals surface area (Å²) in [6, 6.07) is 3.83. The Kier molecular flexibility index (Phi) is 11.7. The van der Waals surface area contributed by atoms with E-state index in [0.29, 0.717) is 23.8 Å². The summed E-state index contributed by atoms with van der Waals surface area (Å²) in [7, 11) is -4.22. The van der Waals surface area contributed by atoms with E-state index in [0.717, 1.165) is 42.8 Å². The molecule has 1 aromatic rings. The van der Waals surface area contributed by atoms with Gasteiger partial charge in [-0.15, -0.1) is 0 Å². The van der Waals surface area contributed by atoms with Crippen molar-refractivity contribution in [2.24, 2.45) is 11.8 Å². The second kappa shape index (κ2) is 13.9. The molecule has 0 radical (unpaired) electrons. The minimum atomic E-state index is -4.22. The summed E-state index contributed by atoms with van der Waals surface area (Å²) >= 11 is 6.55. The first-order valence-electron chi connectivity index (χ1n) is 12.0. The van der Waals surface area contributed by atoms with Crippen LogP contribution in [0.25, 0.3) is 0 Å². The summed E-state index contributed by atoms with van der Waals surface area (Å²) in [6.45, 7) is -0.680. The lowest BCUT2D eigenvalue weighted by atomic mass is 9.65. The molecule has 2 aliphatic carbocycles. The van der Waals surface area contributed by atoms with Crippen LogP contribution in [0.4, 0.5) is 0 Å². The van der Waals surface area contributed by atoms with Crippen molar-refractivity contribution in [2.75, 3.05) is 19.0 Å². The zero-order valence-electron chi connectivity index (χ0n) is 20.1. The van der Waals surface area contributed by atoms with E-state index >= 15 is 0 Å². The van der Waals surface area contributed by atoms with Crippen molar-refractivity contribution in [1.82, 2.24) is 0 Å². The number of rotatable bonds is 11. The first kappa shape index (κ1) is 31.3. The van der Waals surface area contributed by atoms with Crippen LogP contribution in [0.2, 0.25) is 0 Å². The Balaban J connectivity index is 1.58. The van der Waals surface area contributed by atoms with Gasteiger partial charge in [0, 0.05) is 17.1 Å². The van der Waals surface area contributed by atoms with Crippen LogP contribution >= 0.6 is 67.8 Å². The fourth-order valence-corrected chi connectivity index (χ4v) is 7.86. The molecule has 0 heterocycles. The van der Waals surface area contributed by atoms with Crippen LogP contribution in [0.5, 0.6) is 0 Å². The average Bonchev–Trinajstić information content (AvgIpc) is 2.79. The van der Waals surface area contributed by atoms with Crippen LogP contribution < -0.4 is 0 Å². The highest BCUT2D eigenvalue weighted by Gasteiger charge is 2.45. The molecule has 0 saturated heterocycles. The molecule has 2 fully saturated rings. The molecule has 0 aromatic heterocycles. The highest BCUT2D eigenvalue weighted by molar-refractivity contribution is 14.1. The summed E-state index contributed by atoms with van der Waals surface area (Å²) < 4.78 is 48.9. The number of carbonyl (C=O) groups is 3. The number of hydrogen-bond acceptors (Lipinski definition) is 8. The van der Waals surface area contributed by atoms with Crippen LogP contribution in [0, 0.1) is 22.5 Å². The minimum absolute atomic E-state index is 0.0471. The fraction of sp³-hybridized carbons (Fsp3) is 0.625. The van der Waals surface area contributed by atoms with Crippen molar-refractivity contribution >= 4 is 95.8 Å². The zero-order chi connectivity index (χ0) is 27.2. The Morgan fingerprint density at radius 1 is 0.973 bits per heavy atom. The van der Waals surface area contributed by atoms with E-state index in [1.165, 1.54) is 6.42 Å². The highest BCUT2D eigenvalue weighted by Crippen LogP contribution is 2.48. The van der Waals surface area contributed by atoms with Gasteiger partial charge in [0.15, 0.2) is 0 Å². The van der Waals surface area contributed by atoms with Crippen LogP contribution in [0.15, 0.2) is 12.1 Å². The van der Waals surface area contributed by atoms with Gasteiger partial charge in [-0.3, -0.25) is 14.1 Å². The molecule has 206 valence electrons. The maximum absolute atomic E-state index is 13.3. The molecule has 13 heteroatoms. The standard InChI is InChI=1S/C24H29I3O9S/c25-17-11-18(22(27)19(26)12-17)23(30)36-24(13-15-2-1-3-16(10-15)14-24)6-4-20(28)34-7-5-21(29)35-8-9-37(31,32)33/h11-12,15-16H,1-10,13-14H2,(H,31,32,33). The normalized spacial score (nSPS) is 23.2. The maximum Gasteiger partial charge on any atom is 0.339 e. The molecule has 2 bridgehead atoms. The number of esters is 3. The molecule has 0 amide bonds. The monoisotopic (exact) mass is 874 g/mol. The van der Waals surface area contributed by atoms with Gasteiger partial charge in [-0.1, -0.05) is 19.3 Å². The molecule has 1 aromatic carbocycles. The van der Waals surface area contributed by atoms with Gasteiger partial charge >= 0.3 is 17.9 Å². The van der Waals surface area contributed by atoms with Crippen LogP contribution in [-0.2, 0) is 33.9 Å². The summed E-state index contributed by atoms with van der Waals surface area (Å²) in [6.07, 6.45) is 6.10. The first-order valence-corrected chi connectivity index (χ1v) is 16.8. The number of hydrogen-bond donors (Lipinski definition) is 1. The molecule has 1 N–H and O–H groups in total. The smallest absolute Gasteiger partial charge is 0.339 e. The number of ether oxygens (including phenoxy) is 3. The largest absolute Gasteiger partial charge is 0.465 e. The predicted molar refractivity (Wildman–Crippen MR) is 160 cm³/mol. The van der Waals surface area contributed by atoms with Gasteiger partial charge in [0.25, 0.3) is 10.1 Å². The molecular formula is C24H29I3O9S. The number of carbonyl (C=O) groups excluding carboxylic acids is 3. The first-order chi connectivity index (χ1) is 17.4. The Hall–Kier alpha value is -0.270. The fourth-order valence-electron chi connectivity index (χ4n) is 5.19. The molecule has 0 aliphatic heterocycles. The third kappa shape index (κ3) is 10.0.